The summed E-state index contributed by atoms with van der Waals surface area (Å²) in [7, 11) is 0. The molecular formula is C10H12. The van der Waals surface area contributed by atoms with E-state index in [0.717, 1.165) is 12.8 Å². The first-order valence-electron chi connectivity index (χ1n) is 3.65. The highest BCUT2D eigenvalue weighted by Gasteiger charge is 1.74. The number of rotatable bonds is 0. The summed E-state index contributed by atoms with van der Waals surface area (Å²) in [5, 5.41) is 0. The van der Waals surface area contributed by atoms with Crippen LogP contribution >= 0.6 is 0 Å². The molecule has 0 aliphatic heterocycles. The van der Waals surface area contributed by atoms with Gasteiger partial charge in [-0.15, -0.1) is 0 Å². The van der Waals surface area contributed by atoms with Gasteiger partial charge in [-0.25, -0.2) is 0 Å². The molecule has 0 bridgehead atoms. The van der Waals surface area contributed by atoms with Gasteiger partial charge in [0, 0.05) is 0 Å². The fourth-order valence-electron chi connectivity index (χ4n) is 0.799. The van der Waals surface area contributed by atoms with E-state index in [-0.39, 0.29) is 0 Å². The average molecular weight is 132 g/mol. The summed E-state index contributed by atoms with van der Waals surface area (Å²) in [5.41, 5.74) is 0. The highest BCUT2D eigenvalue weighted by Crippen LogP contribution is 1.95. The van der Waals surface area contributed by atoms with E-state index in [2.05, 4.69) is 36.5 Å². The van der Waals surface area contributed by atoms with E-state index >= 15 is 0 Å². The minimum absolute atomic E-state index is 1.15. The van der Waals surface area contributed by atoms with E-state index < -0.39 is 0 Å². The molecule has 0 radical (unpaired) electrons. The summed E-state index contributed by atoms with van der Waals surface area (Å²) in [6, 6.07) is 0. The van der Waals surface area contributed by atoms with E-state index in [1.54, 1.807) is 0 Å². The van der Waals surface area contributed by atoms with Crippen LogP contribution < -0.4 is 0 Å². The van der Waals surface area contributed by atoms with Gasteiger partial charge in [-0.05, 0) is 12.8 Å². The van der Waals surface area contributed by atoms with Gasteiger partial charge in [-0.2, -0.15) is 0 Å². The largest absolute Gasteiger partial charge is 0.0842 e. The van der Waals surface area contributed by atoms with E-state index in [1.165, 1.54) is 0 Å². The van der Waals surface area contributed by atoms with Crippen LogP contribution in [0.2, 0.25) is 0 Å². The SMILES string of the molecule is C1=CCC/C=C/C=C\C=C/1. The van der Waals surface area contributed by atoms with Crippen molar-refractivity contribution in [3.05, 3.63) is 48.6 Å². The lowest BCUT2D eigenvalue weighted by atomic mass is 10.2. The molecule has 0 aromatic carbocycles. The predicted octanol–water partition coefficient (Wildman–Crippen LogP) is 3.01. The molecule has 10 heavy (non-hydrogen) atoms. The van der Waals surface area contributed by atoms with Crippen LogP contribution in [-0.4, -0.2) is 0 Å². The van der Waals surface area contributed by atoms with Gasteiger partial charge in [0.25, 0.3) is 0 Å². The van der Waals surface area contributed by atoms with Crippen molar-refractivity contribution in [1.29, 1.82) is 0 Å². The van der Waals surface area contributed by atoms with E-state index in [1.807, 2.05) is 12.2 Å². The lowest BCUT2D eigenvalue weighted by molar-refractivity contribution is 1.05. The number of allylic oxidation sites excluding steroid dienone is 8. The maximum atomic E-state index is 2.18. The highest BCUT2D eigenvalue weighted by atomic mass is 13.8. The van der Waals surface area contributed by atoms with Crippen molar-refractivity contribution < 1.29 is 0 Å². The van der Waals surface area contributed by atoms with Crippen molar-refractivity contribution in [3.8, 4) is 0 Å². The van der Waals surface area contributed by atoms with Crippen molar-refractivity contribution in [2.24, 2.45) is 0 Å². The van der Waals surface area contributed by atoms with Crippen molar-refractivity contribution in [2.75, 3.05) is 0 Å². The zero-order valence-corrected chi connectivity index (χ0v) is 6.03. The van der Waals surface area contributed by atoms with E-state index in [0.29, 0.717) is 0 Å². The minimum atomic E-state index is 1.15. The smallest absolute Gasteiger partial charge is 0.0313 e. The van der Waals surface area contributed by atoms with E-state index in [9.17, 15) is 0 Å². The number of hydrogen-bond donors (Lipinski definition) is 0. The fraction of sp³-hybridized carbons (Fsp3) is 0.200. The molecule has 0 atom stereocenters. The second-order valence-corrected chi connectivity index (χ2v) is 2.20. The molecule has 1 rings (SSSR count). The van der Waals surface area contributed by atoms with Crippen molar-refractivity contribution in [1.82, 2.24) is 0 Å². The maximum absolute atomic E-state index is 2.18. The van der Waals surface area contributed by atoms with Gasteiger partial charge in [-0.3, -0.25) is 0 Å². The van der Waals surface area contributed by atoms with Gasteiger partial charge in [-0.1, -0.05) is 48.6 Å². The molecular weight excluding hydrogens is 120 g/mol. The Balaban J connectivity index is 2.53. The zero-order chi connectivity index (χ0) is 7.07. The molecule has 0 unspecified atom stereocenters. The zero-order valence-electron chi connectivity index (χ0n) is 6.03. The van der Waals surface area contributed by atoms with Crippen LogP contribution in [0, 0.1) is 0 Å². The number of hydrogen-bond acceptors (Lipinski definition) is 0. The monoisotopic (exact) mass is 132 g/mol. The summed E-state index contributed by atoms with van der Waals surface area (Å²) >= 11 is 0. The Morgan fingerprint density at radius 2 is 0.900 bits per heavy atom. The van der Waals surface area contributed by atoms with Gasteiger partial charge in [0.05, 0.1) is 0 Å². The molecule has 0 saturated heterocycles. The Labute approximate surface area is 62.3 Å². The molecule has 0 amide bonds. The van der Waals surface area contributed by atoms with Crippen molar-refractivity contribution in [2.45, 2.75) is 12.8 Å². The molecule has 1 aliphatic carbocycles. The topological polar surface area (TPSA) is 0 Å². The fourth-order valence-corrected chi connectivity index (χ4v) is 0.799. The van der Waals surface area contributed by atoms with Crippen LogP contribution in [0.1, 0.15) is 12.8 Å². The van der Waals surface area contributed by atoms with Crippen LogP contribution in [0.3, 0.4) is 0 Å². The molecule has 0 heterocycles. The molecule has 52 valence electrons. The Hall–Kier alpha value is -1.04. The molecule has 0 saturated carbocycles. The summed E-state index contributed by atoms with van der Waals surface area (Å²) < 4.78 is 0. The minimum Gasteiger partial charge on any atom is -0.0842 e. The maximum Gasteiger partial charge on any atom is -0.0313 e. The molecule has 1 aliphatic rings. The third-order valence-electron chi connectivity index (χ3n) is 1.33. The van der Waals surface area contributed by atoms with E-state index in [4.69, 9.17) is 0 Å². The second-order valence-electron chi connectivity index (χ2n) is 2.20. The van der Waals surface area contributed by atoms with Crippen LogP contribution in [0.15, 0.2) is 48.6 Å². The van der Waals surface area contributed by atoms with Gasteiger partial charge in [0.2, 0.25) is 0 Å². The third-order valence-corrected chi connectivity index (χ3v) is 1.33. The standard InChI is InChI=1S/C10H12/c1-2-4-6-8-10-9-7-5-3-1/h1-8H,9-10H2/b3-1-,4-2-,7-5+,8-6?. The summed E-state index contributed by atoms with van der Waals surface area (Å²) in [5.74, 6) is 0. The highest BCUT2D eigenvalue weighted by molar-refractivity contribution is 5.16. The van der Waals surface area contributed by atoms with Crippen molar-refractivity contribution >= 4 is 0 Å². The second kappa shape index (κ2) is 4.80. The first kappa shape index (κ1) is 7.07. The van der Waals surface area contributed by atoms with Gasteiger partial charge in [0.1, 0.15) is 0 Å². The Kier molecular flexibility index (Phi) is 3.40. The Bertz CT molecular complexity index is 158. The molecule has 0 aromatic rings. The Morgan fingerprint density at radius 1 is 0.500 bits per heavy atom. The molecule has 0 fully saturated rings. The quantitative estimate of drug-likeness (QED) is 0.475. The van der Waals surface area contributed by atoms with Crippen molar-refractivity contribution in [3.63, 3.8) is 0 Å². The van der Waals surface area contributed by atoms with Crippen LogP contribution in [-0.2, 0) is 0 Å². The molecule has 0 nitrogen and oxygen atoms in total. The molecule has 0 spiro atoms. The normalized spacial score (nSPS) is 27.2. The van der Waals surface area contributed by atoms with Crippen LogP contribution in [0.4, 0.5) is 0 Å². The first-order valence-corrected chi connectivity index (χ1v) is 3.65. The molecule has 0 heteroatoms. The van der Waals surface area contributed by atoms with Gasteiger partial charge in [0.15, 0.2) is 0 Å². The summed E-state index contributed by atoms with van der Waals surface area (Å²) in [4.78, 5) is 0. The summed E-state index contributed by atoms with van der Waals surface area (Å²) in [6.07, 6.45) is 19.0. The first-order chi connectivity index (χ1) is 5.00. The summed E-state index contributed by atoms with van der Waals surface area (Å²) in [6.45, 7) is 0. The predicted molar refractivity (Wildman–Crippen MR) is 45.8 cm³/mol. The molecule has 0 N–H and O–H groups in total. The van der Waals surface area contributed by atoms with Crippen LogP contribution in [0.5, 0.6) is 0 Å². The lowest BCUT2D eigenvalue weighted by Crippen LogP contribution is -1.64. The lowest BCUT2D eigenvalue weighted by Gasteiger charge is -1.85. The Morgan fingerprint density at radius 3 is 1.40 bits per heavy atom. The van der Waals surface area contributed by atoms with Gasteiger partial charge < -0.3 is 0 Å². The third kappa shape index (κ3) is 3.08. The van der Waals surface area contributed by atoms with Gasteiger partial charge >= 0.3 is 0 Å². The average Bonchev–Trinajstić information content (AvgIpc) is 2.01. The molecule has 0 aromatic heterocycles. The van der Waals surface area contributed by atoms with Crippen LogP contribution in [0.25, 0.3) is 0 Å².